The molecular weight excluding hydrogens is 189 g/mol. The lowest BCUT2D eigenvalue weighted by Crippen LogP contribution is -2.08. The molecule has 0 heterocycles. The maximum atomic E-state index is 13.4. The van der Waals surface area contributed by atoms with Gasteiger partial charge < -0.3 is 5.32 Å². The Labute approximate surface area is 82.9 Å². The smallest absolute Gasteiger partial charge is 0.145 e. The van der Waals surface area contributed by atoms with Crippen LogP contribution in [-0.4, -0.2) is 7.05 Å². The fraction of sp³-hybridized carbons (Fsp3) is 0.400. The molecule has 1 rings (SSSR count). The standard InChI is InChI=1S/C10H13ClFN/c1-6-4-8(5-13-3)7(2)10(12)9(6)11/h4,13H,5H2,1-3H3. The number of hydrogen-bond donors (Lipinski definition) is 1. The molecule has 72 valence electrons. The van der Waals surface area contributed by atoms with Gasteiger partial charge in [0.05, 0.1) is 5.02 Å². The van der Waals surface area contributed by atoms with Gasteiger partial charge in [0.2, 0.25) is 0 Å². The Morgan fingerprint density at radius 2 is 2.08 bits per heavy atom. The molecule has 0 radical (unpaired) electrons. The molecule has 0 spiro atoms. The zero-order valence-electron chi connectivity index (χ0n) is 8.04. The van der Waals surface area contributed by atoms with Gasteiger partial charge in [0.25, 0.3) is 0 Å². The molecule has 1 aromatic rings. The van der Waals surface area contributed by atoms with E-state index in [0.29, 0.717) is 12.1 Å². The van der Waals surface area contributed by atoms with E-state index in [-0.39, 0.29) is 10.8 Å². The Morgan fingerprint density at radius 3 is 2.62 bits per heavy atom. The molecule has 1 nitrogen and oxygen atoms in total. The van der Waals surface area contributed by atoms with Gasteiger partial charge >= 0.3 is 0 Å². The first-order chi connectivity index (χ1) is 6.07. The lowest BCUT2D eigenvalue weighted by molar-refractivity contribution is 0.612. The van der Waals surface area contributed by atoms with Crippen LogP contribution in [0, 0.1) is 19.7 Å². The summed E-state index contributed by atoms with van der Waals surface area (Å²) in [4.78, 5) is 0. The van der Waals surface area contributed by atoms with Crippen molar-refractivity contribution in [2.24, 2.45) is 0 Å². The topological polar surface area (TPSA) is 12.0 Å². The highest BCUT2D eigenvalue weighted by Crippen LogP contribution is 2.25. The monoisotopic (exact) mass is 201 g/mol. The average Bonchev–Trinajstić information content (AvgIpc) is 2.11. The van der Waals surface area contributed by atoms with Gasteiger partial charge in [0.1, 0.15) is 5.82 Å². The number of rotatable bonds is 2. The molecule has 0 aliphatic carbocycles. The van der Waals surface area contributed by atoms with Crippen molar-refractivity contribution in [3.63, 3.8) is 0 Å². The van der Waals surface area contributed by atoms with Gasteiger partial charge in [-0.05, 0) is 37.6 Å². The second-order valence-electron chi connectivity index (χ2n) is 3.14. The van der Waals surface area contributed by atoms with Crippen LogP contribution in [0.1, 0.15) is 16.7 Å². The lowest BCUT2D eigenvalue weighted by atomic mass is 10.0. The third-order valence-corrected chi connectivity index (χ3v) is 2.57. The van der Waals surface area contributed by atoms with E-state index in [1.807, 2.05) is 20.0 Å². The number of hydrogen-bond acceptors (Lipinski definition) is 1. The van der Waals surface area contributed by atoms with E-state index in [9.17, 15) is 4.39 Å². The molecule has 0 aliphatic heterocycles. The largest absolute Gasteiger partial charge is 0.316 e. The normalized spacial score (nSPS) is 10.5. The summed E-state index contributed by atoms with van der Waals surface area (Å²) < 4.78 is 13.4. The highest BCUT2D eigenvalue weighted by Gasteiger charge is 2.10. The molecule has 0 unspecified atom stereocenters. The number of nitrogens with one attached hydrogen (secondary N) is 1. The SMILES string of the molecule is CNCc1cc(C)c(Cl)c(F)c1C. The summed E-state index contributed by atoms with van der Waals surface area (Å²) in [6, 6.07) is 1.91. The maximum absolute atomic E-state index is 13.4. The summed E-state index contributed by atoms with van der Waals surface area (Å²) in [6.45, 7) is 4.22. The lowest BCUT2D eigenvalue weighted by Gasteiger charge is -2.09. The van der Waals surface area contributed by atoms with Gasteiger partial charge in [-0.3, -0.25) is 0 Å². The van der Waals surface area contributed by atoms with Crippen LogP contribution in [0.15, 0.2) is 6.07 Å². The van der Waals surface area contributed by atoms with Crippen LogP contribution >= 0.6 is 11.6 Å². The first-order valence-electron chi connectivity index (χ1n) is 4.16. The predicted molar refractivity (Wildman–Crippen MR) is 53.6 cm³/mol. The molecule has 0 aromatic heterocycles. The Bertz CT molecular complexity index is 323. The molecule has 1 aromatic carbocycles. The molecule has 1 N–H and O–H groups in total. The van der Waals surface area contributed by atoms with Crippen LogP contribution in [-0.2, 0) is 6.54 Å². The van der Waals surface area contributed by atoms with E-state index in [1.165, 1.54) is 0 Å². The van der Waals surface area contributed by atoms with Crippen LogP contribution in [0.2, 0.25) is 5.02 Å². The van der Waals surface area contributed by atoms with E-state index >= 15 is 0 Å². The molecule has 0 aliphatic rings. The van der Waals surface area contributed by atoms with Crippen molar-refractivity contribution < 1.29 is 4.39 Å². The summed E-state index contributed by atoms with van der Waals surface area (Å²) in [7, 11) is 1.83. The first-order valence-corrected chi connectivity index (χ1v) is 4.54. The number of halogens is 2. The molecule has 0 saturated heterocycles. The second kappa shape index (κ2) is 4.07. The van der Waals surface area contributed by atoms with Crippen LogP contribution in [0.5, 0.6) is 0 Å². The van der Waals surface area contributed by atoms with E-state index in [2.05, 4.69) is 5.32 Å². The number of aryl methyl sites for hydroxylation is 1. The molecule has 0 atom stereocenters. The highest BCUT2D eigenvalue weighted by atomic mass is 35.5. The van der Waals surface area contributed by atoms with Crippen LogP contribution in [0.4, 0.5) is 4.39 Å². The number of benzene rings is 1. The Morgan fingerprint density at radius 1 is 1.46 bits per heavy atom. The molecule has 0 fully saturated rings. The van der Waals surface area contributed by atoms with Crippen LogP contribution in [0.25, 0.3) is 0 Å². The Balaban J connectivity index is 3.24. The van der Waals surface area contributed by atoms with Crippen molar-refractivity contribution in [1.29, 1.82) is 0 Å². The average molecular weight is 202 g/mol. The van der Waals surface area contributed by atoms with E-state index in [1.54, 1.807) is 6.92 Å². The minimum absolute atomic E-state index is 0.234. The molecule has 0 bridgehead atoms. The first kappa shape index (κ1) is 10.5. The van der Waals surface area contributed by atoms with Crippen molar-refractivity contribution in [2.75, 3.05) is 7.05 Å². The van der Waals surface area contributed by atoms with Gasteiger partial charge in [-0.1, -0.05) is 17.7 Å². The molecule has 13 heavy (non-hydrogen) atoms. The summed E-state index contributed by atoms with van der Waals surface area (Å²) >= 11 is 5.76. The Kier molecular flexibility index (Phi) is 3.28. The summed E-state index contributed by atoms with van der Waals surface area (Å²) in [5.74, 6) is -0.299. The van der Waals surface area contributed by atoms with Crippen molar-refractivity contribution in [3.05, 3.63) is 33.6 Å². The van der Waals surface area contributed by atoms with E-state index in [4.69, 9.17) is 11.6 Å². The summed E-state index contributed by atoms with van der Waals surface area (Å²) in [5, 5.41) is 3.22. The van der Waals surface area contributed by atoms with Crippen molar-refractivity contribution >= 4 is 11.6 Å². The third kappa shape index (κ3) is 2.01. The minimum Gasteiger partial charge on any atom is -0.316 e. The van der Waals surface area contributed by atoms with Crippen molar-refractivity contribution in [1.82, 2.24) is 5.32 Å². The van der Waals surface area contributed by atoms with Gasteiger partial charge in [-0.15, -0.1) is 0 Å². The van der Waals surface area contributed by atoms with Gasteiger partial charge in [-0.25, -0.2) is 4.39 Å². The van der Waals surface area contributed by atoms with Gasteiger partial charge in [0.15, 0.2) is 0 Å². The van der Waals surface area contributed by atoms with Crippen molar-refractivity contribution in [2.45, 2.75) is 20.4 Å². The molecular formula is C10H13ClFN. The second-order valence-corrected chi connectivity index (χ2v) is 3.51. The third-order valence-electron chi connectivity index (χ3n) is 2.11. The van der Waals surface area contributed by atoms with Crippen LogP contribution < -0.4 is 5.32 Å². The maximum Gasteiger partial charge on any atom is 0.145 e. The van der Waals surface area contributed by atoms with E-state index < -0.39 is 0 Å². The summed E-state index contributed by atoms with van der Waals surface area (Å²) in [5.41, 5.74) is 2.38. The van der Waals surface area contributed by atoms with Gasteiger partial charge in [0, 0.05) is 6.54 Å². The van der Waals surface area contributed by atoms with E-state index in [0.717, 1.165) is 11.1 Å². The molecule has 0 saturated carbocycles. The fourth-order valence-electron chi connectivity index (χ4n) is 1.29. The zero-order valence-corrected chi connectivity index (χ0v) is 8.80. The Hall–Kier alpha value is -0.600. The quantitative estimate of drug-likeness (QED) is 0.776. The fourth-order valence-corrected chi connectivity index (χ4v) is 1.48. The molecule has 0 amide bonds. The highest BCUT2D eigenvalue weighted by molar-refractivity contribution is 6.31. The van der Waals surface area contributed by atoms with Crippen molar-refractivity contribution in [3.8, 4) is 0 Å². The zero-order chi connectivity index (χ0) is 10.0. The molecule has 3 heteroatoms. The summed E-state index contributed by atoms with van der Waals surface area (Å²) in [6.07, 6.45) is 0. The van der Waals surface area contributed by atoms with Crippen LogP contribution in [0.3, 0.4) is 0 Å². The minimum atomic E-state index is -0.299. The van der Waals surface area contributed by atoms with Gasteiger partial charge in [-0.2, -0.15) is 0 Å². The predicted octanol–water partition coefficient (Wildman–Crippen LogP) is 2.82.